The van der Waals surface area contributed by atoms with Crippen LogP contribution in [0.25, 0.3) is 0 Å². The predicted octanol–water partition coefficient (Wildman–Crippen LogP) is 3.26. The standard InChI is InChI=1S/C18H27ClN2O3.ClH/c1-6-24-15-10-18(20,17(15,2)3)16(22)21(4)11-12-9-13(19)7-8-14(12)23-5;/h7-9,15H,6,10-11,20H2,1-5H3;1H. The number of likely N-dealkylation sites (N-methyl/N-ethyl adjacent to an activating group) is 1. The first-order valence-electron chi connectivity index (χ1n) is 8.15. The van der Waals surface area contributed by atoms with Crippen molar-refractivity contribution in [1.29, 1.82) is 0 Å². The summed E-state index contributed by atoms with van der Waals surface area (Å²) in [7, 11) is 3.35. The fraction of sp³-hybridized carbons (Fsp3) is 0.611. The van der Waals surface area contributed by atoms with Crippen LogP contribution in [0.2, 0.25) is 5.02 Å². The maximum atomic E-state index is 13.0. The highest BCUT2D eigenvalue weighted by molar-refractivity contribution is 6.30. The minimum atomic E-state index is -0.923. The second kappa shape index (κ2) is 8.12. The van der Waals surface area contributed by atoms with Gasteiger partial charge in [0.05, 0.1) is 13.2 Å². The molecule has 1 aliphatic rings. The Labute approximate surface area is 161 Å². The Morgan fingerprint density at radius 1 is 1.44 bits per heavy atom. The lowest BCUT2D eigenvalue weighted by Crippen LogP contribution is -2.75. The molecule has 0 spiro atoms. The molecular weight excluding hydrogens is 363 g/mol. The lowest BCUT2D eigenvalue weighted by molar-refractivity contribution is -0.178. The lowest BCUT2D eigenvalue weighted by atomic mass is 9.54. The summed E-state index contributed by atoms with van der Waals surface area (Å²) in [5.41, 5.74) is 5.99. The normalized spacial score (nSPS) is 24.0. The lowest BCUT2D eigenvalue weighted by Gasteiger charge is -2.58. The molecule has 2 atom stereocenters. The Morgan fingerprint density at radius 3 is 2.60 bits per heavy atom. The summed E-state index contributed by atoms with van der Waals surface area (Å²) >= 11 is 6.06. The Balaban J connectivity index is 0.00000312. The van der Waals surface area contributed by atoms with Crippen LogP contribution < -0.4 is 10.5 Å². The third-order valence-corrected chi connectivity index (χ3v) is 5.44. The van der Waals surface area contributed by atoms with Gasteiger partial charge in [-0.2, -0.15) is 0 Å². The van der Waals surface area contributed by atoms with Crippen molar-refractivity contribution in [1.82, 2.24) is 4.90 Å². The van der Waals surface area contributed by atoms with Crippen LogP contribution in [-0.4, -0.2) is 43.2 Å². The highest BCUT2D eigenvalue weighted by Gasteiger charge is 2.63. The van der Waals surface area contributed by atoms with Gasteiger partial charge in [-0.3, -0.25) is 4.79 Å². The molecule has 1 aliphatic carbocycles. The van der Waals surface area contributed by atoms with E-state index in [1.807, 2.05) is 26.8 Å². The van der Waals surface area contributed by atoms with Gasteiger partial charge in [0, 0.05) is 42.6 Å². The molecule has 0 aromatic heterocycles. The molecular formula is C18H28Cl2N2O3. The van der Waals surface area contributed by atoms with E-state index in [-0.39, 0.29) is 24.4 Å². The number of ether oxygens (including phenoxy) is 2. The second-order valence-electron chi connectivity index (χ2n) is 6.96. The summed E-state index contributed by atoms with van der Waals surface area (Å²) in [6, 6.07) is 5.37. The van der Waals surface area contributed by atoms with Crippen molar-refractivity contribution < 1.29 is 14.3 Å². The van der Waals surface area contributed by atoms with Crippen LogP contribution in [0, 0.1) is 5.41 Å². The zero-order valence-electron chi connectivity index (χ0n) is 15.5. The van der Waals surface area contributed by atoms with Crippen molar-refractivity contribution in [2.45, 2.75) is 45.4 Å². The Kier molecular flexibility index (Phi) is 7.16. The average molecular weight is 391 g/mol. The van der Waals surface area contributed by atoms with Gasteiger partial charge < -0.3 is 20.1 Å². The van der Waals surface area contributed by atoms with E-state index in [9.17, 15) is 4.79 Å². The van der Waals surface area contributed by atoms with Crippen molar-refractivity contribution in [2.75, 3.05) is 20.8 Å². The molecule has 0 radical (unpaired) electrons. The Bertz CT molecular complexity index is 624. The van der Waals surface area contributed by atoms with Gasteiger partial charge in [0.1, 0.15) is 11.3 Å². The van der Waals surface area contributed by atoms with Gasteiger partial charge in [-0.05, 0) is 25.1 Å². The van der Waals surface area contributed by atoms with E-state index in [0.29, 0.717) is 30.3 Å². The fourth-order valence-corrected chi connectivity index (χ4v) is 3.53. The van der Waals surface area contributed by atoms with Gasteiger partial charge in [-0.15, -0.1) is 12.4 Å². The molecule has 1 fully saturated rings. The maximum absolute atomic E-state index is 13.0. The smallest absolute Gasteiger partial charge is 0.243 e. The quantitative estimate of drug-likeness (QED) is 0.809. The third kappa shape index (κ3) is 3.90. The molecule has 0 saturated heterocycles. The topological polar surface area (TPSA) is 64.8 Å². The van der Waals surface area contributed by atoms with Crippen LogP contribution in [0.15, 0.2) is 18.2 Å². The van der Waals surface area contributed by atoms with Gasteiger partial charge in [-0.25, -0.2) is 0 Å². The van der Waals surface area contributed by atoms with E-state index >= 15 is 0 Å². The van der Waals surface area contributed by atoms with Crippen molar-refractivity contribution in [2.24, 2.45) is 11.1 Å². The highest BCUT2D eigenvalue weighted by atomic mass is 35.5. The summed E-state index contributed by atoms with van der Waals surface area (Å²) in [6.45, 7) is 6.93. The first kappa shape index (κ1) is 22.0. The number of carbonyl (C=O) groups is 1. The molecule has 142 valence electrons. The minimum Gasteiger partial charge on any atom is -0.496 e. The fourth-order valence-electron chi connectivity index (χ4n) is 3.34. The number of rotatable bonds is 6. The number of hydrogen-bond acceptors (Lipinski definition) is 4. The van der Waals surface area contributed by atoms with Crippen molar-refractivity contribution in [3.63, 3.8) is 0 Å². The van der Waals surface area contributed by atoms with Crippen molar-refractivity contribution in [3.8, 4) is 5.75 Å². The number of benzene rings is 1. The number of nitrogens with two attached hydrogens (primary N) is 1. The molecule has 1 saturated carbocycles. The van der Waals surface area contributed by atoms with Gasteiger partial charge in [0.2, 0.25) is 5.91 Å². The SMILES string of the molecule is CCOC1CC(N)(C(=O)N(C)Cc2cc(Cl)ccc2OC)C1(C)C.Cl. The maximum Gasteiger partial charge on any atom is 0.243 e. The molecule has 1 amide bonds. The van der Waals surface area contributed by atoms with Gasteiger partial charge in [0.15, 0.2) is 0 Å². The number of carbonyl (C=O) groups excluding carboxylic acids is 1. The van der Waals surface area contributed by atoms with Gasteiger partial charge >= 0.3 is 0 Å². The summed E-state index contributed by atoms with van der Waals surface area (Å²) in [5, 5.41) is 0.606. The molecule has 1 aromatic rings. The number of nitrogens with zero attached hydrogens (tertiary/aromatic N) is 1. The largest absolute Gasteiger partial charge is 0.496 e. The number of hydrogen-bond donors (Lipinski definition) is 1. The molecule has 0 heterocycles. The summed E-state index contributed by atoms with van der Waals surface area (Å²) < 4.78 is 11.0. The number of halogens is 2. The highest BCUT2D eigenvalue weighted by Crippen LogP contribution is 2.50. The minimum absolute atomic E-state index is 0. The zero-order chi connectivity index (χ0) is 18.1. The molecule has 7 heteroatoms. The number of methoxy groups -OCH3 is 1. The number of amides is 1. The molecule has 25 heavy (non-hydrogen) atoms. The van der Waals surface area contributed by atoms with Crippen LogP contribution in [0.4, 0.5) is 0 Å². The second-order valence-corrected chi connectivity index (χ2v) is 7.39. The Morgan fingerprint density at radius 2 is 2.08 bits per heavy atom. The summed E-state index contributed by atoms with van der Waals surface area (Å²) in [4.78, 5) is 14.6. The van der Waals surface area contributed by atoms with Crippen LogP contribution in [0.3, 0.4) is 0 Å². The van der Waals surface area contributed by atoms with E-state index in [1.165, 1.54) is 0 Å². The van der Waals surface area contributed by atoms with Crippen molar-refractivity contribution in [3.05, 3.63) is 28.8 Å². The molecule has 5 nitrogen and oxygen atoms in total. The first-order valence-corrected chi connectivity index (χ1v) is 8.53. The molecule has 2 N–H and O–H groups in total. The van der Waals surface area contributed by atoms with Crippen LogP contribution in [0.5, 0.6) is 5.75 Å². The van der Waals surface area contributed by atoms with Crippen molar-refractivity contribution >= 4 is 29.9 Å². The predicted molar refractivity (Wildman–Crippen MR) is 102 cm³/mol. The summed E-state index contributed by atoms with van der Waals surface area (Å²) in [6.07, 6.45) is 0.537. The summed E-state index contributed by atoms with van der Waals surface area (Å²) in [5.74, 6) is 0.607. The van der Waals surface area contributed by atoms with E-state index in [2.05, 4.69) is 0 Å². The van der Waals surface area contributed by atoms with Gasteiger partial charge in [0.25, 0.3) is 0 Å². The zero-order valence-corrected chi connectivity index (χ0v) is 17.0. The molecule has 2 rings (SSSR count). The average Bonchev–Trinajstić information content (AvgIpc) is 2.53. The molecule has 1 aromatic carbocycles. The third-order valence-electron chi connectivity index (χ3n) is 5.21. The van der Waals surface area contributed by atoms with Crippen LogP contribution >= 0.6 is 24.0 Å². The van der Waals surface area contributed by atoms with E-state index in [4.69, 9.17) is 26.8 Å². The molecule has 0 aliphatic heterocycles. The van der Waals surface area contributed by atoms with E-state index in [1.54, 1.807) is 31.2 Å². The van der Waals surface area contributed by atoms with Crippen LogP contribution in [-0.2, 0) is 16.1 Å². The Hall–Kier alpha value is -1.01. The molecule has 2 unspecified atom stereocenters. The monoisotopic (exact) mass is 390 g/mol. The van der Waals surface area contributed by atoms with Gasteiger partial charge in [-0.1, -0.05) is 25.4 Å². The van der Waals surface area contributed by atoms with E-state index in [0.717, 1.165) is 5.56 Å². The van der Waals surface area contributed by atoms with E-state index < -0.39 is 11.0 Å². The van der Waals surface area contributed by atoms with Crippen LogP contribution in [0.1, 0.15) is 32.8 Å². The first-order chi connectivity index (χ1) is 11.2. The molecule has 0 bridgehead atoms.